The largest absolute Gasteiger partial charge is 0.416 e. The molecule has 0 aromatic heterocycles. The van der Waals surface area contributed by atoms with Crippen molar-refractivity contribution < 1.29 is 21.6 Å². The van der Waals surface area contributed by atoms with E-state index < -0.39 is 27.5 Å². The molecule has 2 aliphatic rings. The maximum atomic E-state index is 13.0. The van der Waals surface area contributed by atoms with Crippen molar-refractivity contribution in [3.8, 4) is 0 Å². The van der Waals surface area contributed by atoms with Crippen molar-refractivity contribution in [3.63, 3.8) is 0 Å². The van der Waals surface area contributed by atoms with Gasteiger partial charge in [0.1, 0.15) is 0 Å². The summed E-state index contributed by atoms with van der Waals surface area (Å²) in [6, 6.07) is 5.09. The summed E-state index contributed by atoms with van der Waals surface area (Å²) in [5.74, 6) is -0.609. The molecule has 2 heterocycles. The van der Waals surface area contributed by atoms with Crippen LogP contribution in [-0.2, 0) is 22.0 Å². The van der Waals surface area contributed by atoms with Crippen LogP contribution >= 0.6 is 12.4 Å². The Morgan fingerprint density at radius 3 is 2.29 bits per heavy atom. The highest BCUT2D eigenvalue weighted by Crippen LogP contribution is 2.33. The van der Waals surface area contributed by atoms with E-state index in [1.54, 1.807) is 0 Å². The van der Waals surface area contributed by atoms with Crippen LogP contribution in [0.4, 0.5) is 13.2 Å². The number of hydrogen-bond donors (Lipinski definition) is 1. The average molecular weight is 385 g/mol. The van der Waals surface area contributed by atoms with Gasteiger partial charge in [0.15, 0.2) is 0 Å². The molecule has 9 heteroatoms. The Balaban J connectivity index is 0.00000208. The molecule has 0 saturated carbocycles. The molecular weight excluding hydrogens is 365 g/mol. The highest BCUT2D eigenvalue weighted by atomic mass is 35.5. The van der Waals surface area contributed by atoms with Crippen molar-refractivity contribution in [2.45, 2.75) is 43.3 Å². The monoisotopic (exact) mass is 384 g/mol. The van der Waals surface area contributed by atoms with Crippen LogP contribution < -0.4 is 5.32 Å². The normalized spacial score (nSPS) is 25.1. The van der Waals surface area contributed by atoms with Gasteiger partial charge in [-0.05, 0) is 24.5 Å². The van der Waals surface area contributed by atoms with Crippen molar-refractivity contribution in [3.05, 3.63) is 35.4 Å². The molecule has 1 aromatic rings. The lowest BCUT2D eigenvalue weighted by molar-refractivity contribution is -0.138. The number of sulfonamides is 1. The van der Waals surface area contributed by atoms with Crippen LogP contribution in [0.15, 0.2) is 24.3 Å². The number of halogens is 4. The molecule has 0 amide bonds. The second-order valence-electron chi connectivity index (χ2n) is 6.22. The maximum absolute atomic E-state index is 13.0. The Bertz CT molecular complexity index is 670. The van der Waals surface area contributed by atoms with Crippen LogP contribution in [0.3, 0.4) is 0 Å². The van der Waals surface area contributed by atoms with Crippen LogP contribution in [0, 0.1) is 0 Å². The summed E-state index contributed by atoms with van der Waals surface area (Å²) >= 11 is 0. The fourth-order valence-corrected chi connectivity index (χ4v) is 5.04. The zero-order valence-electron chi connectivity index (χ0n) is 12.9. The summed E-state index contributed by atoms with van der Waals surface area (Å²) in [7, 11) is -3.77. The predicted molar refractivity (Wildman–Crippen MR) is 87.5 cm³/mol. The first-order chi connectivity index (χ1) is 10.8. The molecule has 2 atom stereocenters. The molecule has 4 nitrogen and oxygen atoms in total. The quantitative estimate of drug-likeness (QED) is 0.871. The summed E-state index contributed by atoms with van der Waals surface area (Å²) in [6.45, 7) is 0.681. The van der Waals surface area contributed by atoms with Crippen LogP contribution in [0.25, 0.3) is 0 Å². The van der Waals surface area contributed by atoms with Crippen molar-refractivity contribution >= 4 is 22.4 Å². The highest BCUT2D eigenvalue weighted by molar-refractivity contribution is 7.88. The van der Waals surface area contributed by atoms with E-state index in [-0.39, 0.29) is 30.1 Å². The summed E-state index contributed by atoms with van der Waals surface area (Å²) in [5, 5.41) is 3.37. The van der Waals surface area contributed by atoms with Crippen LogP contribution in [0.5, 0.6) is 0 Å². The van der Waals surface area contributed by atoms with Gasteiger partial charge in [-0.1, -0.05) is 24.6 Å². The van der Waals surface area contributed by atoms with Gasteiger partial charge >= 0.3 is 6.18 Å². The van der Waals surface area contributed by atoms with Crippen molar-refractivity contribution in [2.75, 3.05) is 13.1 Å². The minimum Gasteiger partial charge on any atom is -0.309 e. The van der Waals surface area contributed by atoms with Gasteiger partial charge in [0.25, 0.3) is 0 Å². The fraction of sp³-hybridized carbons (Fsp3) is 0.600. The molecule has 0 radical (unpaired) electrons. The van der Waals surface area contributed by atoms with E-state index in [0.29, 0.717) is 13.1 Å². The van der Waals surface area contributed by atoms with Gasteiger partial charge < -0.3 is 5.32 Å². The van der Waals surface area contributed by atoms with Gasteiger partial charge in [-0.2, -0.15) is 17.5 Å². The number of alkyl halides is 3. The summed E-state index contributed by atoms with van der Waals surface area (Å²) in [5.41, 5.74) is -1.07. The minimum atomic E-state index is -4.55. The lowest BCUT2D eigenvalue weighted by atomic mass is 9.96. The zero-order chi connectivity index (χ0) is 16.7. The molecule has 1 N–H and O–H groups in total. The second-order valence-corrected chi connectivity index (χ2v) is 8.19. The van der Waals surface area contributed by atoms with E-state index in [9.17, 15) is 21.6 Å². The standard InChI is InChI=1S/C15H19F3N2O2S.ClH/c16-15(17,18)14-7-2-1-4-11(14)10-23(21,22)20-8-12-5-3-6-13(9-20)19-12;/h1-2,4,7,12-13,19H,3,5-6,8-10H2;1H. The lowest BCUT2D eigenvalue weighted by Gasteiger charge is -2.41. The number of rotatable bonds is 3. The molecule has 0 spiro atoms. The van der Waals surface area contributed by atoms with Gasteiger partial charge in [0, 0.05) is 25.2 Å². The molecule has 136 valence electrons. The molecule has 24 heavy (non-hydrogen) atoms. The van der Waals surface area contributed by atoms with Crippen molar-refractivity contribution in [1.82, 2.24) is 9.62 Å². The molecule has 2 aliphatic heterocycles. The number of piperidine rings is 1. The first-order valence-electron chi connectivity index (χ1n) is 7.65. The summed E-state index contributed by atoms with van der Waals surface area (Å²) in [4.78, 5) is 0. The van der Waals surface area contributed by atoms with Crippen LogP contribution in [-0.4, -0.2) is 37.9 Å². The number of piperazine rings is 1. The number of hydrogen-bond acceptors (Lipinski definition) is 3. The highest BCUT2D eigenvalue weighted by Gasteiger charge is 2.38. The number of nitrogens with zero attached hydrogens (tertiary/aromatic N) is 1. The molecule has 1 aromatic carbocycles. The SMILES string of the molecule is Cl.O=S(=O)(Cc1ccccc1C(F)(F)F)N1CC2CCCC(C1)N2. The third-order valence-corrected chi connectivity index (χ3v) is 6.24. The fourth-order valence-electron chi connectivity index (χ4n) is 3.40. The lowest BCUT2D eigenvalue weighted by Crippen LogP contribution is -2.59. The maximum Gasteiger partial charge on any atom is 0.416 e. The van der Waals surface area contributed by atoms with Crippen molar-refractivity contribution in [2.24, 2.45) is 0 Å². The van der Waals surface area contributed by atoms with E-state index >= 15 is 0 Å². The van der Waals surface area contributed by atoms with Gasteiger partial charge in [0.2, 0.25) is 10.0 Å². The molecule has 2 unspecified atom stereocenters. The molecule has 2 bridgehead atoms. The Labute approximate surface area is 145 Å². The van der Waals surface area contributed by atoms with E-state index in [4.69, 9.17) is 0 Å². The van der Waals surface area contributed by atoms with Crippen LogP contribution in [0.1, 0.15) is 30.4 Å². The number of fused-ring (bicyclic) bond motifs is 2. The smallest absolute Gasteiger partial charge is 0.309 e. The molecule has 2 fully saturated rings. The van der Waals surface area contributed by atoms with E-state index in [0.717, 1.165) is 25.3 Å². The average Bonchev–Trinajstić information content (AvgIpc) is 2.46. The molecule has 0 aliphatic carbocycles. The second kappa shape index (κ2) is 7.19. The van der Waals surface area contributed by atoms with E-state index in [2.05, 4.69) is 5.32 Å². The topological polar surface area (TPSA) is 49.4 Å². The molecule has 3 rings (SSSR count). The Hall–Kier alpha value is -0.830. The van der Waals surface area contributed by atoms with Crippen LogP contribution in [0.2, 0.25) is 0 Å². The summed E-state index contributed by atoms with van der Waals surface area (Å²) < 4.78 is 65.7. The predicted octanol–water partition coefficient (Wildman–Crippen LogP) is 2.78. The van der Waals surface area contributed by atoms with Crippen molar-refractivity contribution in [1.29, 1.82) is 0 Å². The van der Waals surface area contributed by atoms with Gasteiger partial charge in [0.05, 0.1) is 11.3 Å². The molecule has 2 saturated heterocycles. The number of nitrogens with one attached hydrogen (secondary N) is 1. The van der Waals surface area contributed by atoms with Gasteiger partial charge in [-0.25, -0.2) is 8.42 Å². The van der Waals surface area contributed by atoms with E-state index in [1.807, 2.05) is 0 Å². The summed E-state index contributed by atoms with van der Waals surface area (Å²) in [6.07, 6.45) is -1.68. The Morgan fingerprint density at radius 2 is 1.71 bits per heavy atom. The Morgan fingerprint density at radius 1 is 1.12 bits per heavy atom. The molecular formula is C15H20ClF3N2O2S. The number of benzene rings is 1. The van der Waals surface area contributed by atoms with E-state index in [1.165, 1.54) is 22.5 Å². The Kier molecular flexibility index (Phi) is 5.84. The first kappa shape index (κ1) is 19.5. The van der Waals surface area contributed by atoms with Gasteiger partial charge in [-0.15, -0.1) is 12.4 Å². The minimum absolute atomic E-state index is 0. The van der Waals surface area contributed by atoms with Gasteiger partial charge in [-0.3, -0.25) is 0 Å². The zero-order valence-corrected chi connectivity index (χ0v) is 14.6. The first-order valence-corrected chi connectivity index (χ1v) is 9.25. The third kappa shape index (κ3) is 4.22. The third-order valence-electron chi connectivity index (χ3n) is 4.48.